The molecule has 4 nitrogen and oxygen atoms in total. The van der Waals surface area contributed by atoms with Crippen LogP contribution in [-0.2, 0) is 6.61 Å². The van der Waals surface area contributed by atoms with Crippen molar-refractivity contribution in [3.05, 3.63) is 58.7 Å². The molecule has 2 aromatic carbocycles. The highest BCUT2D eigenvalue weighted by Crippen LogP contribution is 2.24. The first-order valence-electron chi connectivity index (χ1n) is 7.31. The Bertz CT molecular complexity index is 660. The molecular weight excluding hydrogens is 278 g/mol. The Balaban J connectivity index is 2.25. The molecule has 2 N–H and O–H groups in total. The highest BCUT2D eigenvalue weighted by molar-refractivity contribution is 6.06. The van der Waals surface area contributed by atoms with Crippen LogP contribution in [0.2, 0.25) is 0 Å². The Morgan fingerprint density at radius 2 is 1.86 bits per heavy atom. The van der Waals surface area contributed by atoms with Crippen molar-refractivity contribution >= 4 is 11.6 Å². The van der Waals surface area contributed by atoms with Gasteiger partial charge in [0.1, 0.15) is 5.75 Å². The largest absolute Gasteiger partial charge is 0.494 e. The maximum absolute atomic E-state index is 12.5. The summed E-state index contributed by atoms with van der Waals surface area (Å²) in [6.45, 7) is 6.11. The van der Waals surface area contributed by atoms with Gasteiger partial charge in [-0.05, 0) is 50.1 Å². The minimum absolute atomic E-state index is 0.136. The molecule has 0 bridgehead atoms. The predicted octanol–water partition coefficient (Wildman–Crippen LogP) is 3.45. The SMILES string of the molecule is CCOc1ccc(NC(=O)c2c(C)cccc2C)cc1CO. The highest BCUT2D eigenvalue weighted by atomic mass is 16.5. The van der Waals surface area contributed by atoms with Gasteiger partial charge in [-0.1, -0.05) is 18.2 Å². The summed E-state index contributed by atoms with van der Waals surface area (Å²) in [5.41, 5.74) is 3.85. The van der Waals surface area contributed by atoms with Crippen LogP contribution in [0.5, 0.6) is 5.75 Å². The predicted molar refractivity (Wildman–Crippen MR) is 87.4 cm³/mol. The van der Waals surface area contributed by atoms with E-state index in [9.17, 15) is 9.90 Å². The summed E-state index contributed by atoms with van der Waals surface area (Å²) in [7, 11) is 0. The molecule has 0 aliphatic heterocycles. The molecule has 2 rings (SSSR count). The summed E-state index contributed by atoms with van der Waals surface area (Å²) in [5.74, 6) is 0.485. The van der Waals surface area contributed by atoms with Gasteiger partial charge < -0.3 is 15.2 Å². The van der Waals surface area contributed by atoms with E-state index in [0.29, 0.717) is 29.2 Å². The van der Waals surface area contributed by atoms with Gasteiger partial charge in [0.15, 0.2) is 0 Å². The molecule has 0 aliphatic carbocycles. The lowest BCUT2D eigenvalue weighted by Gasteiger charge is -2.13. The van der Waals surface area contributed by atoms with Crippen LogP contribution in [0.25, 0.3) is 0 Å². The topological polar surface area (TPSA) is 58.6 Å². The van der Waals surface area contributed by atoms with Crippen LogP contribution in [0.4, 0.5) is 5.69 Å². The molecule has 116 valence electrons. The van der Waals surface area contributed by atoms with Crippen molar-refractivity contribution in [2.24, 2.45) is 0 Å². The Morgan fingerprint density at radius 3 is 2.45 bits per heavy atom. The lowest BCUT2D eigenvalue weighted by atomic mass is 10.0. The van der Waals surface area contributed by atoms with Gasteiger partial charge in [-0.2, -0.15) is 0 Å². The van der Waals surface area contributed by atoms with E-state index >= 15 is 0 Å². The molecule has 0 spiro atoms. The van der Waals surface area contributed by atoms with Crippen LogP contribution >= 0.6 is 0 Å². The third-order valence-electron chi connectivity index (χ3n) is 3.50. The number of aliphatic hydroxyl groups is 1. The van der Waals surface area contributed by atoms with Crippen molar-refractivity contribution in [3.63, 3.8) is 0 Å². The molecule has 22 heavy (non-hydrogen) atoms. The Labute approximate surface area is 130 Å². The van der Waals surface area contributed by atoms with Gasteiger partial charge >= 0.3 is 0 Å². The second-order valence-corrected chi connectivity index (χ2v) is 5.13. The number of benzene rings is 2. The minimum Gasteiger partial charge on any atom is -0.494 e. The third-order valence-corrected chi connectivity index (χ3v) is 3.50. The summed E-state index contributed by atoms with van der Waals surface area (Å²) in [5, 5.41) is 12.3. The zero-order chi connectivity index (χ0) is 16.1. The van der Waals surface area contributed by atoms with Crippen LogP contribution in [0, 0.1) is 13.8 Å². The van der Waals surface area contributed by atoms with E-state index in [1.165, 1.54) is 0 Å². The molecule has 0 aromatic heterocycles. The third kappa shape index (κ3) is 3.46. The summed E-state index contributed by atoms with van der Waals surface area (Å²) in [4.78, 5) is 12.5. The van der Waals surface area contributed by atoms with E-state index in [1.807, 2.05) is 39.0 Å². The van der Waals surface area contributed by atoms with Crippen LogP contribution < -0.4 is 10.1 Å². The van der Waals surface area contributed by atoms with Crippen molar-refractivity contribution in [1.29, 1.82) is 0 Å². The van der Waals surface area contributed by atoms with Gasteiger partial charge in [-0.15, -0.1) is 0 Å². The molecule has 2 aromatic rings. The van der Waals surface area contributed by atoms with Crippen LogP contribution in [-0.4, -0.2) is 17.6 Å². The number of rotatable bonds is 5. The molecule has 0 saturated heterocycles. The molecule has 0 atom stereocenters. The normalized spacial score (nSPS) is 10.4. The van der Waals surface area contributed by atoms with Gasteiger partial charge in [-0.25, -0.2) is 0 Å². The number of nitrogens with one attached hydrogen (secondary N) is 1. The molecular formula is C18H21NO3. The van der Waals surface area contributed by atoms with Crippen molar-refractivity contribution in [2.75, 3.05) is 11.9 Å². The molecule has 4 heteroatoms. The first-order chi connectivity index (χ1) is 10.6. The Morgan fingerprint density at radius 1 is 1.18 bits per heavy atom. The monoisotopic (exact) mass is 299 g/mol. The summed E-state index contributed by atoms with van der Waals surface area (Å²) in [6, 6.07) is 11.0. The second kappa shape index (κ2) is 7.09. The second-order valence-electron chi connectivity index (χ2n) is 5.13. The number of hydrogen-bond donors (Lipinski definition) is 2. The van der Waals surface area contributed by atoms with Gasteiger partial charge in [0.05, 0.1) is 13.2 Å². The fourth-order valence-corrected chi connectivity index (χ4v) is 2.44. The van der Waals surface area contributed by atoms with E-state index in [4.69, 9.17) is 4.74 Å². The average Bonchev–Trinajstić information content (AvgIpc) is 2.48. The molecule has 0 fully saturated rings. The Hall–Kier alpha value is -2.33. The van der Waals surface area contributed by atoms with Crippen molar-refractivity contribution in [3.8, 4) is 5.75 Å². The summed E-state index contributed by atoms with van der Waals surface area (Å²) in [6.07, 6.45) is 0. The number of hydrogen-bond acceptors (Lipinski definition) is 3. The molecule has 0 aliphatic rings. The average molecular weight is 299 g/mol. The van der Waals surface area contributed by atoms with E-state index in [-0.39, 0.29) is 12.5 Å². The lowest BCUT2D eigenvalue weighted by molar-refractivity contribution is 0.102. The maximum Gasteiger partial charge on any atom is 0.256 e. The Kier molecular flexibility index (Phi) is 5.17. The van der Waals surface area contributed by atoms with Crippen molar-refractivity contribution in [1.82, 2.24) is 0 Å². The van der Waals surface area contributed by atoms with Crippen molar-refractivity contribution < 1.29 is 14.6 Å². The first-order valence-corrected chi connectivity index (χ1v) is 7.31. The van der Waals surface area contributed by atoms with Gasteiger partial charge in [-0.3, -0.25) is 4.79 Å². The summed E-state index contributed by atoms with van der Waals surface area (Å²) < 4.78 is 5.44. The quantitative estimate of drug-likeness (QED) is 0.889. The van der Waals surface area contributed by atoms with E-state index in [0.717, 1.165) is 11.1 Å². The summed E-state index contributed by atoms with van der Waals surface area (Å²) >= 11 is 0. The number of carbonyl (C=O) groups excluding carboxylic acids is 1. The van der Waals surface area contributed by atoms with Gasteiger partial charge in [0.25, 0.3) is 5.91 Å². The van der Waals surface area contributed by atoms with Crippen LogP contribution in [0.1, 0.15) is 34.0 Å². The van der Waals surface area contributed by atoms with E-state index in [2.05, 4.69) is 5.32 Å². The zero-order valence-corrected chi connectivity index (χ0v) is 13.1. The zero-order valence-electron chi connectivity index (χ0n) is 13.1. The van der Waals surface area contributed by atoms with Crippen molar-refractivity contribution in [2.45, 2.75) is 27.4 Å². The maximum atomic E-state index is 12.5. The van der Waals surface area contributed by atoms with Crippen LogP contribution in [0.15, 0.2) is 36.4 Å². The molecule has 0 heterocycles. The smallest absolute Gasteiger partial charge is 0.256 e. The number of amides is 1. The van der Waals surface area contributed by atoms with E-state index < -0.39 is 0 Å². The number of anilines is 1. The lowest BCUT2D eigenvalue weighted by Crippen LogP contribution is -2.15. The number of carbonyl (C=O) groups is 1. The molecule has 0 unspecified atom stereocenters. The fraction of sp³-hybridized carbons (Fsp3) is 0.278. The number of ether oxygens (including phenoxy) is 1. The van der Waals surface area contributed by atoms with Gasteiger partial charge in [0, 0.05) is 16.8 Å². The standard InChI is InChI=1S/C18H21NO3/c1-4-22-16-9-8-15(10-14(16)11-20)19-18(21)17-12(2)6-5-7-13(17)3/h5-10,20H,4,11H2,1-3H3,(H,19,21). The number of aryl methyl sites for hydroxylation is 2. The number of aliphatic hydroxyl groups excluding tert-OH is 1. The highest BCUT2D eigenvalue weighted by Gasteiger charge is 2.13. The van der Waals surface area contributed by atoms with Crippen LogP contribution in [0.3, 0.4) is 0 Å². The molecule has 1 amide bonds. The molecule has 0 radical (unpaired) electrons. The first kappa shape index (κ1) is 16.0. The van der Waals surface area contributed by atoms with Gasteiger partial charge in [0.2, 0.25) is 0 Å². The fourth-order valence-electron chi connectivity index (χ4n) is 2.44. The van der Waals surface area contributed by atoms with E-state index in [1.54, 1.807) is 18.2 Å². The molecule has 0 saturated carbocycles. The minimum atomic E-state index is -0.149.